The molecule has 1 amide bonds. The number of pyridine rings is 1. The van der Waals surface area contributed by atoms with E-state index in [1.807, 2.05) is 28.6 Å². The molecule has 0 radical (unpaired) electrons. The van der Waals surface area contributed by atoms with Crippen molar-refractivity contribution in [2.75, 3.05) is 13.1 Å². The van der Waals surface area contributed by atoms with Crippen molar-refractivity contribution in [1.29, 1.82) is 0 Å². The van der Waals surface area contributed by atoms with Crippen LogP contribution in [0, 0.1) is 5.92 Å². The molecule has 4 rings (SSSR count). The first-order valence-electron chi connectivity index (χ1n) is 7.91. The highest BCUT2D eigenvalue weighted by Crippen LogP contribution is 2.25. The highest BCUT2D eigenvalue weighted by atomic mass is 32.1. The summed E-state index contributed by atoms with van der Waals surface area (Å²) in [6, 6.07) is 3.82. The van der Waals surface area contributed by atoms with Crippen LogP contribution in [0.5, 0.6) is 0 Å². The van der Waals surface area contributed by atoms with Crippen LogP contribution in [0.3, 0.4) is 0 Å². The fraction of sp³-hybridized carbons (Fsp3) is 0.353. The van der Waals surface area contributed by atoms with E-state index in [2.05, 4.69) is 15.0 Å². The van der Waals surface area contributed by atoms with Gasteiger partial charge in [-0.3, -0.25) is 9.78 Å². The van der Waals surface area contributed by atoms with Crippen LogP contribution in [0.4, 0.5) is 0 Å². The largest absolute Gasteiger partial charge is 0.359 e. The van der Waals surface area contributed by atoms with Gasteiger partial charge in [-0.25, -0.2) is 4.98 Å². The van der Waals surface area contributed by atoms with E-state index in [0.29, 0.717) is 11.5 Å². The van der Waals surface area contributed by atoms with Crippen LogP contribution in [0.15, 0.2) is 36.1 Å². The Hall–Kier alpha value is -2.21. The van der Waals surface area contributed by atoms with Crippen LogP contribution in [-0.4, -0.2) is 38.8 Å². The molecule has 1 aliphatic rings. The smallest absolute Gasteiger partial charge is 0.257 e. The highest BCUT2D eigenvalue weighted by Gasteiger charge is 2.26. The number of carbonyl (C=O) groups excluding carboxylic acids is 1. The van der Waals surface area contributed by atoms with E-state index >= 15 is 0 Å². The Morgan fingerprint density at radius 3 is 2.96 bits per heavy atom. The molecule has 0 spiro atoms. The van der Waals surface area contributed by atoms with E-state index in [4.69, 9.17) is 0 Å². The molecule has 118 valence electrons. The lowest BCUT2D eigenvalue weighted by Crippen LogP contribution is -2.38. The molecule has 6 heteroatoms. The number of piperidine rings is 1. The van der Waals surface area contributed by atoms with Crippen LogP contribution in [0.2, 0.25) is 0 Å². The Morgan fingerprint density at radius 1 is 1.30 bits per heavy atom. The van der Waals surface area contributed by atoms with Gasteiger partial charge in [-0.05, 0) is 30.9 Å². The van der Waals surface area contributed by atoms with Gasteiger partial charge in [-0.2, -0.15) is 0 Å². The summed E-state index contributed by atoms with van der Waals surface area (Å²) in [5, 5.41) is 3.23. The summed E-state index contributed by atoms with van der Waals surface area (Å²) in [5.41, 5.74) is 2.36. The van der Waals surface area contributed by atoms with E-state index in [1.165, 1.54) is 5.01 Å². The average Bonchev–Trinajstić information content (AvgIpc) is 3.24. The molecule has 23 heavy (non-hydrogen) atoms. The number of aromatic nitrogens is 3. The van der Waals surface area contributed by atoms with E-state index in [0.717, 1.165) is 43.4 Å². The number of likely N-dealkylation sites (tertiary alicyclic amines) is 1. The number of hydrogen-bond acceptors (Lipinski definition) is 4. The van der Waals surface area contributed by atoms with Gasteiger partial charge < -0.3 is 9.88 Å². The molecule has 3 aromatic rings. The summed E-state index contributed by atoms with van der Waals surface area (Å²) in [5.74, 6) is 0.717. The molecule has 0 aliphatic carbocycles. The second kappa shape index (κ2) is 6.12. The summed E-state index contributed by atoms with van der Waals surface area (Å²) in [7, 11) is 0. The van der Waals surface area contributed by atoms with Gasteiger partial charge in [0.1, 0.15) is 5.52 Å². The molecule has 5 nitrogen and oxygen atoms in total. The van der Waals surface area contributed by atoms with Gasteiger partial charge in [0.2, 0.25) is 0 Å². The van der Waals surface area contributed by atoms with Gasteiger partial charge in [-0.15, -0.1) is 11.3 Å². The van der Waals surface area contributed by atoms with Gasteiger partial charge >= 0.3 is 0 Å². The number of amides is 1. The molecule has 3 aromatic heterocycles. The maximum absolute atomic E-state index is 12.8. The molecule has 1 saturated heterocycles. The summed E-state index contributed by atoms with van der Waals surface area (Å²) < 4.78 is 0. The van der Waals surface area contributed by atoms with E-state index < -0.39 is 0 Å². The van der Waals surface area contributed by atoms with E-state index in [9.17, 15) is 4.79 Å². The van der Waals surface area contributed by atoms with Crippen LogP contribution in [-0.2, 0) is 6.42 Å². The minimum atomic E-state index is 0.0858. The molecule has 0 aromatic carbocycles. The normalized spacial score (nSPS) is 16.1. The van der Waals surface area contributed by atoms with Gasteiger partial charge in [-0.1, -0.05) is 0 Å². The predicted octanol–water partition coefficient (Wildman–Crippen LogP) is 3.11. The van der Waals surface area contributed by atoms with Crippen LogP contribution < -0.4 is 0 Å². The van der Waals surface area contributed by atoms with Crippen molar-refractivity contribution in [3.05, 3.63) is 46.7 Å². The topological polar surface area (TPSA) is 61.9 Å². The molecule has 1 aliphatic heterocycles. The molecule has 1 N–H and O–H groups in total. The number of thiazole rings is 1. The second-order valence-corrected chi connectivity index (χ2v) is 6.95. The van der Waals surface area contributed by atoms with Gasteiger partial charge in [0, 0.05) is 43.5 Å². The van der Waals surface area contributed by atoms with Crippen LogP contribution in [0.25, 0.3) is 11.0 Å². The summed E-state index contributed by atoms with van der Waals surface area (Å²) in [4.78, 5) is 26.5. The first kappa shape index (κ1) is 14.4. The zero-order valence-corrected chi connectivity index (χ0v) is 13.6. The molecule has 4 heterocycles. The first-order chi connectivity index (χ1) is 11.3. The highest BCUT2D eigenvalue weighted by molar-refractivity contribution is 7.09. The molecule has 0 atom stereocenters. The van der Waals surface area contributed by atoms with Crippen LogP contribution in [0.1, 0.15) is 28.2 Å². The Balaban J connectivity index is 1.43. The van der Waals surface area contributed by atoms with Crippen molar-refractivity contribution in [1.82, 2.24) is 19.9 Å². The maximum Gasteiger partial charge on any atom is 0.257 e. The number of nitrogens with one attached hydrogen (secondary N) is 1. The monoisotopic (exact) mass is 326 g/mol. The minimum absolute atomic E-state index is 0.0858. The third kappa shape index (κ3) is 2.86. The zero-order valence-electron chi connectivity index (χ0n) is 12.7. The SMILES string of the molecule is O=C(c1c[nH]c2cccnc12)N1CCC(Cc2nccs2)CC1. The van der Waals surface area contributed by atoms with E-state index in [-0.39, 0.29) is 5.91 Å². The fourth-order valence-corrected chi connectivity index (χ4v) is 3.96. The van der Waals surface area contributed by atoms with Crippen molar-refractivity contribution in [2.45, 2.75) is 19.3 Å². The number of rotatable bonds is 3. The van der Waals surface area contributed by atoms with Gasteiger partial charge in [0.15, 0.2) is 0 Å². The van der Waals surface area contributed by atoms with Gasteiger partial charge in [0.25, 0.3) is 5.91 Å². The Labute approximate surface area is 138 Å². The number of fused-ring (bicyclic) bond motifs is 1. The van der Waals surface area contributed by atoms with Crippen molar-refractivity contribution in [3.63, 3.8) is 0 Å². The standard InChI is InChI=1S/C17H18N4OS/c22-17(13-11-20-14-2-1-5-19-16(13)14)21-7-3-12(4-8-21)10-15-18-6-9-23-15/h1-2,5-6,9,11-12,20H,3-4,7-8,10H2. The second-order valence-electron chi connectivity index (χ2n) is 5.97. The predicted molar refractivity (Wildman–Crippen MR) is 90.5 cm³/mol. The molecule has 0 saturated carbocycles. The number of aromatic amines is 1. The van der Waals surface area contributed by atoms with Crippen molar-refractivity contribution in [3.8, 4) is 0 Å². The lowest BCUT2D eigenvalue weighted by atomic mass is 9.93. The van der Waals surface area contributed by atoms with Crippen molar-refractivity contribution in [2.24, 2.45) is 5.92 Å². The Kier molecular flexibility index (Phi) is 3.83. The quantitative estimate of drug-likeness (QED) is 0.804. The number of carbonyl (C=O) groups is 1. The minimum Gasteiger partial charge on any atom is -0.359 e. The molecule has 1 fully saturated rings. The first-order valence-corrected chi connectivity index (χ1v) is 8.79. The molecule has 0 unspecified atom stereocenters. The third-order valence-electron chi connectivity index (χ3n) is 4.51. The molecule has 0 bridgehead atoms. The summed E-state index contributed by atoms with van der Waals surface area (Å²) >= 11 is 1.72. The summed E-state index contributed by atoms with van der Waals surface area (Å²) in [6.07, 6.45) is 8.49. The molecular weight excluding hydrogens is 308 g/mol. The lowest BCUT2D eigenvalue weighted by Gasteiger charge is -2.31. The third-order valence-corrected chi connectivity index (χ3v) is 5.32. The zero-order chi connectivity index (χ0) is 15.6. The Bertz CT molecular complexity index is 803. The Morgan fingerprint density at radius 2 is 2.17 bits per heavy atom. The van der Waals surface area contributed by atoms with Crippen LogP contribution >= 0.6 is 11.3 Å². The summed E-state index contributed by atoms with van der Waals surface area (Å²) in [6.45, 7) is 1.63. The number of nitrogens with zero attached hydrogens (tertiary/aromatic N) is 3. The van der Waals surface area contributed by atoms with Gasteiger partial charge in [0.05, 0.1) is 16.1 Å². The average molecular weight is 326 g/mol. The lowest BCUT2D eigenvalue weighted by molar-refractivity contribution is 0.0692. The van der Waals surface area contributed by atoms with E-state index in [1.54, 1.807) is 23.7 Å². The number of H-pyrrole nitrogens is 1. The number of hydrogen-bond donors (Lipinski definition) is 1. The van der Waals surface area contributed by atoms with Crippen molar-refractivity contribution < 1.29 is 4.79 Å². The fourth-order valence-electron chi connectivity index (χ4n) is 3.23. The maximum atomic E-state index is 12.8. The van der Waals surface area contributed by atoms with Crippen molar-refractivity contribution >= 4 is 28.3 Å². The molecular formula is C17H18N4OS.